The first-order valence-corrected chi connectivity index (χ1v) is 8.42. The second kappa shape index (κ2) is 8.43. The quantitative estimate of drug-likeness (QED) is 0.801. The Kier molecular flexibility index (Phi) is 5.79. The Morgan fingerprint density at radius 1 is 1.36 bits per heavy atom. The van der Waals surface area contributed by atoms with Gasteiger partial charge in [0.1, 0.15) is 11.9 Å². The van der Waals surface area contributed by atoms with Crippen LogP contribution in [-0.4, -0.2) is 41.7 Å². The van der Waals surface area contributed by atoms with E-state index in [4.69, 9.17) is 9.47 Å². The van der Waals surface area contributed by atoms with E-state index in [9.17, 15) is 4.79 Å². The molecule has 25 heavy (non-hydrogen) atoms. The minimum absolute atomic E-state index is 0.0826. The summed E-state index contributed by atoms with van der Waals surface area (Å²) >= 11 is 0. The fourth-order valence-corrected chi connectivity index (χ4v) is 2.49. The van der Waals surface area contributed by atoms with Gasteiger partial charge in [-0.25, -0.2) is 9.97 Å². The molecule has 2 N–H and O–H groups in total. The molecule has 7 heteroatoms. The molecule has 1 amide bonds. The van der Waals surface area contributed by atoms with Gasteiger partial charge in [0.25, 0.3) is 5.91 Å². The summed E-state index contributed by atoms with van der Waals surface area (Å²) in [4.78, 5) is 20.2. The third-order valence-corrected chi connectivity index (χ3v) is 3.81. The summed E-state index contributed by atoms with van der Waals surface area (Å²) in [6.45, 7) is 4.43. The number of pyridine rings is 2. The molecule has 0 radical (unpaired) electrons. The van der Waals surface area contributed by atoms with Crippen molar-refractivity contribution in [2.45, 2.75) is 26.0 Å². The van der Waals surface area contributed by atoms with Gasteiger partial charge in [-0.15, -0.1) is 0 Å². The summed E-state index contributed by atoms with van der Waals surface area (Å²) in [7, 11) is 0. The fraction of sp³-hybridized carbons (Fsp3) is 0.389. The van der Waals surface area contributed by atoms with Crippen molar-refractivity contribution in [1.82, 2.24) is 15.3 Å². The molecular formula is C18H22N4O3. The molecular weight excluding hydrogens is 320 g/mol. The molecule has 1 aliphatic heterocycles. The number of amides is 1. The lowest BCUT2D eigenvalue weighted by Crippen LogP contribution is -2.22. The van der Waals surface area contributed by atoms with E-state index < -0.39 is 0 Å². The second-order valence-corrected chi connectivity index (χ2v) is 5.75. The zero-order valence-electron chi connectivity index (χ0n) is 14.2. The van der Waals surface area contributed by atoms with E-state index in [1.165, 1.54) is 0 Å². The van der Waals surface area contributed by atoms with Crippen LogP contribution in [0, 0.1) is 0 Å². The first kappa shape index (κ1) is 17.2. The Bertz CT molecular complexity index is 700. The van der Waals surface area contributed by atoms with Gasteiger partial charge in [0, 0.05) is 38.0 Å². The van der Waals surface area contributed by atoms with Crippen LogP contribution in [0.2, 0.25) is 0 Å². The number of rotatable bonds is 7. The van der Waals surface area contributed by atoms with E-state index >= 15 is 0 Å². The molecule has 3 heterocycles. The van der Waals surface area contributed by atoms with E-state index in [2.05, 4.69) is 20.6 Å². The predicted molar refractivity (Wildman–Crippen MR) is 93.7 cm³/mol. The molecule has 1 unspecified atom stereocenters. The lowest BCUT2D eigenvalue weighted by atomic mass is 10.2. The lowest BCUT2D eigenvalue weighted by Gasteiger charge is -2.12. The van der Waals surface area contributed by atoms with Crippen LogP contribution in [0.25, 0.3) is 0 Å². The topological polar surface area (TPSA) is 85.4 Å². The highest BCUT2D eigenvalue weighted by Gasteiger charge is 2.17. The Morgan fingerprint density at radius 2 is 2.28 bits per heavy atom. The normalized spacial score (nSPS) is 16.4. The van der Waals surface area contributed by atoms with E-state index in [1.54, 1.807) is 24.5 Å². The first-order valence-electron chi connectivity index (χ1n) is 8.42. The minimum atomic E-state index is -0.117. The lowest BCUT2D eigenvalue weighted by molar-refractivity contribution is 0.0955. The highest BCUT2D eigenvalue weighted by molar-refractivity contribution is 5.93. The molecule has 1 aliphatic rings. The third-order valence-electron chi connectivity index (χ3n) is 3.81. The maximum absolute atomic E-state index is 11.7. The highest BCUT2D eigenvalue weighted by atomic mass is 16.5. The molecule has 132 valence electrons. The molecule has 0 bridgehead atoms. The zero-order valence-corrected chi connectivity index (χ0v) is 14.2. The van der Waals surface area contributed by atoms with Crippen LogP contribution >= 0.6 is 0 Å². The van der Waals surface area contributed by atoms with Crippen molar-refractivity contribution >= 4 is 11.7 Å². The molecule has 2 aromatic heterocycles. The molecule has 2 aromatic rings. The summed E-state index contributed by atoms with van der Waals surface area (Å²) < 4.78 is 11.1. The van der Waals surface area contributed by atoms with Crippen LogP contribution < -0.4 is 15.4 Å². The van der Waals surface area contributed by atoms with Gasteiger partial charge in [0.15, 0.2) is 0 Å². The smallest absolute Gasteiger partial charge is 0.252 e. The zero-order chi connectivity index (χ0) is 17.5. The average Bonchev–Trinajstić information content (AvgIpc) is 3.14. The molecule has 3 rings (SSSR count). The molecule has 1 saturated heterocycles. The molecule has 0 aromatic carbocycles. The molecule has 0 saturated carbocycles. The van der Waals surface area contributed by atoms with Gasteiger partial charge in [-0.1, -0.05) is 0 Å². The van der Waals surface area contributed by atoms with Gasteiger partial charge in [-0.3, -0.25) is 4.79 Å². The molecule has 7 nitrogen and oxygen atoms in total. The van der Waals surface area contributed by atoms with Gasteiger partial charge < -0.3 is 20.1 Å². The van der Waals surface area contributed by atoms with Gasteiger partial charge >= 0.3 is 0 Å². The van der Waals surface area contributed by atoms with Crippen molar-refractivity contribution in [3.63, 3.8) is 0 Å². The van der Waals surface area contributed by atoms with Crippen molar-refractivity contribution in [3.05, 3.63) is 47.8 Å². The maximum atomic E-state index is 11.7. The molecule has 0 spiro atoms. The van der Waals surface area contributed by atoms with Crippen LogP contribution in [0.4, 0.5) is 5.82 Å². The largest absolute Gasteiger partial charge is 0.472 e. The molecule has 0 aliphatic carbocycles. The van der Waals surface area contributed by atoms with Crippen molar-refractivity contribution in [2.75, 3.05) is 25.1 Å². The molecule has 1 fully saturated rings. The van der Waals surface area contributed by atoms with Crippen LogP contribution in [0.3, 0.4) is 0 Å². The average molecular weight is 342 g/mol. The van der Waals surface area contributed by atoms with Gasteiger partial charge in [0.05, 0.1) is 18.8 Å². The number of nitrogens with one attached hydrogen (secondary N) is 2. The number of hydrogen-bond donors (Lipinski definition) is 2. The fourth-order valence-electron chi connectivity index (χ4n) is 2.49. The summed E-state index contributed by atoms with van der Waals surface area (Å²) in [5.41, 5.74) is 1.59. The number of hydrogen-bond acceptors (Lipinski definition) is 6. The standard InChI is InChI=1S/C18H22N4O3/c1-2-19-18(23)14-3-4-16(22-11-14)21-10-13-5-7-20-17(9-13)25-15-6-8-24-12-15/h3-5,7,9,11,15H,2,6,8,10,12H2,1H3,(H,19,23)(H,21,22). The van der Waals surface area contributed by atoms with E-state index in [-0.39, 0.29) is 12.0 Å². The number of aromatic nitrogens is 2. The van der Waals surface area contributed by atoms with Gasteiger partial charge in [-0.05, 0) is 30.7 Å². The molecule has 1 atom stereocenters. The number of nitrogens with zero attached hydrogens (tertiary/aromatic N) is 2. The number of carbonyl (C=O) groups excluding carboxylic acids is 1. The Hall–Kier alpha value is -2.67. The van der Waals surface area contributed by atoms with Crippen molar-refractivity contribution in [2.24, 2.45) is 0 Å². The predicted octanol–water partition coefficient (Wildman–Crippen LogP) is 2.01. The van der Waals surface area contributed by atoms with E-state index in [0.717, 1.165) is 18.6 Å². The van der Waals surface area contributed by atoms with Crippen LogP contribution in [0.1, 0.15) is 29.3 Å². The number of ether oxygens (including phenoxy) is 2. The van der Waals surface area contributed by atoms with E-state index in [1.807, 2.05) is 19.1 Å². The maximum Gasteiger partial charge on any atom is 0.252 e. The summed E-state index contributed by atoms with van der Waals surface area (Å²) in [6.07, 6.45) is 4.27. The summed E-state index contributed by atoms with van der Waals surface area (Å²) in [5, 5.41) is 5.97. The van der Waals surface area contributed by atoms with Crippen molar-refractivity contribution < 1.29 is 14.3 Å². The minimum Gasteiger partial charge on any atom is -0.472 e. The second-order valence-electron chi connectivity index (χ2n) is 5.75. The number of carbonyl (C=O) groups is 1. The van der Waals surface area contributed by atoms with Crippen molar-refractivity contribution in [1.29, 1.82) is 0 Å². The number of anilines is 1. The van der Waals surface area contributed by atoms with E-state index in [0.29, 0.717) is 37.0 Å². The summed E-state index contributed by atoms with van der Waals surface area (Å²) in [5.74, 6) is 1.19. The van der Waals surface area contributed by atoms with Crippen LogP contribution in [0.5, 0.6) is 5.88 Å². The van der Waals surface area contributed by atoms with Crippen molar-refractivity contribution in [3.8, 4) is 5.88 Å². The van der Waals surface area contributed by atoms with Gasteiger partial charge in [0.2, 0.25) is 5.88 Å². The SMILES string of the molecule is CCNC(=O)c1ccc(NCc2ccnc(OC3CCOC3)c2)nc1. The van der Waals surface area contributed by atoms with Crippen LogP contribution in [0.15, 0.2) is 36.7 Å². The third kappa shape index (κ3) is 4.90. The monoisotopic (exact) mass is 342 g/mol. The Balaban J connectivity index is 1.55. The Labute approximate surface area is 146 Å². The summed E-state index contributed by atoms with van der Waals surface area (Å²) in [6, 6.07) is 7.38. The first-order chi connectivity index (χ1) is 12.2. The highest BCUT2D eigenvalue weighted by Crippen LogP contribution is 2.16. The van der Waals surface area contributed by atoms with Crippen LogP contribution in [-0.2, 0) is 11.3 Å². The van der Waals surface area contributed by atoms with Gasteiger partial charge in [-0.2, -0.15) is 0 Å². The Morgan fingerprint density at radius 3 is 3.00 bits per heavy atom.